The van der Waals surface area contributed by atoms with E-state index in [-0.39, 0.29) is 11.1 Å². The van der Waals surface area contributed by atoms with Crippen molar-refractivity contribution in [1.29, 1.82) is 5.41 Å². The van der Waals surface area contributed by atoms with Crippen LogP contribution in [0.1, 0.15) is 57.9 Å². The number of benzene rings is 1. The van der Waals surface area contributed by atoms with Crippen molar-refractivity contribution in [3.8, 4) is 0 Å². The quantitative estimate of drug-likeness (QED) is 0.370. The molecular formula is C31H38F3N5. The van der Waals surface area contributed by atoms with E-state index in [9.17, 15) is 13.2 Å². The summed E-state index contributed by atoms with van der Waals surface area (Å²) in [6.45, 7) is 10.5. The van der Waals surface area contributed by atoms with Crippen molar-refractivity contribution in [2.75, 3.05) is 24.5 Å². The maximum absolute atomic E-state index is 14.3. The zero-order valence-corrected chi connectivity index (χ0v) is 22.8. The van der Waals surface area contributed by atoms with Crippen LogP contribution in [-0.2, 0) is 5.41 Å². The number of halogens is 3. The molecule has 1 aliphatic carbocycles. The lowest BCUT2D eigenvalue weighted by atomic mass is 9.62. The second-order valence-corrected chi connectivity index (χ2v) is 11.6. The number of nitrogens with zero attached hydrogens (tertiary/aromatic N) is 3. The summed E-state index contributed by atoms with van der Waals surface area (Å²) in [6, 6.07) is 8.00. The monoisotopic (exact) mass is 537 g/mol. The molecule has 5 nitrogen and oxygen atoms in total. The van der Waals surface area contributed by atoms with Crippen molar-refractivity contribution >= 4 is 11.9 Å². The Kier molecular flexibility index (Phi) is 7.27. The van der Waals surface area contributed by atoms with Crippen molar-refractivity contribution in [2.45, 2.75) is 64.0 Å². The van der Waals surface area contributed by atoms with E-state index in [0.29, 0.717) is 36.0 Å². The molecule has 39 heavy (non-hydrogen) atoms. The second-order valence-electron chi connectivity index (χ2n) is 11.6. The minimum atomic E-state index is -4.48. The number of anilines is 1. The molecule has 0 radical (unpaired) electrons. The fourth-order valence-electron chi connectivity index (χ4n) is 6.30. The molecule has 8 heteroatoms. The highest BCUT2D eigenvalue weighted by Crippen LogP contribution is 2.49. The minimum Gasteiger partial charge on any atom is -0.402 e. The summed E-state index contributed by atoms with van der Waals surface area (Å²) in [5, 5.41) is 7.55. The summed E-state index contributed by atoms with van der Waals surface area (Å²) in [4.78, 5) is 5.60. The smallest absolute Gasteiger partial charge is 0.402 e. The number of allylic oxidation sites excluding steroid dienone is 3. The van der Waals surface area contributed by atoms with Gasteiger partial charge >= 0.3 is 6.18 Å². The summed E-state index contributed by atoms with van der Waals surface area (Å²) < 4.78 is 42.8. The summed E-state index contributed by atoms with van der Waals surface area (Å²) in [7, 11) is 0. The van der Waals surface area contributed by atoms with Gasteiger partial charge in [-0.1, -0.05) is 32.1 Å². The molecule has 208 valence electrons. The first kappa shape index (κ1) is 27.3. The molecule has 1 aromatic rings. The number of likely N-dealkylation sites (tertiary alicyclic amines) is 1. The van der Waals surface area contributed by atoms with Crippen LogP contribution >= 0.6 is 0 Å². The van der Waals surface area contributed by atoms with Gasteiger partial charge in [-0.05, 0) is 86.4 Å². The van der Waals surface area contributed by atoms with Gasteiger partial charge in [0.1, 0.15) is 5.82 Å². The fourth-order valence-corrected chi connectivity index (χ4v) is 6.30. The number of nitrogens with one attached hydrogen (secondary N) is 1. The van der Waals surface area contributed by atoms with Crippen LogP contribution in [0.4, 0.5) is 18.9 Å². The number of fused-ring (bicyclic) bond motifs is 1. The number of piperidine rings is 1. The molecule has 1 aromatic carbocycles. The van der Waals surface area contributed by atoms with Gasteiger partial charge in [-0.2, -0.15) is 13.2 Å². The zero-order chi connectivity index (χ0) is 27.9. The molecule has 3 N–H and O–H groups in total. The maximum Gasteiger partial charge on any atom is 0.418 e. The molecular weight excluding hydrogens is 499 g/mol. The van der Waals surface area contributed by atoms with Crippen LogP contribution in [0.2, 0.25) is 0 Å². The highest BCUT2D eigenvalue weighted by molar-refractivity contribution is 5.76. The first-order valence-corrected chi connectivity index (χ1v) is 13.8. The topological polar surface area (TPSA) is 59.6 Å². The first-order chi connectivity index (χ1) is 18.5. The average Bonchev–Trinajstić information content (AvgIpc) is 3.20. The Morgan fingerprint density at radius 2 is 1.97 bits per heavy atom. The Morgan fingerprint density at radius 3 is 2.62 bits per heavy atom. The predicted molar refractivity (Wildman–Crippen MR) is 151 cm³/mol. The van der Waals surface area contributed by atoms with E-state index in [4.69, 9.17) is 11.1 Å². The second kappa shape index (κ2) is 10.4. The molecule has 0 aromatic heterocycles. The van der Waals surface area contributed by atoms with Crippen LogP contribution in [0.15, 0.2) is 83.3 Å². The van der Waals surface area contributed by atoms with E-state index in [2.05, 4.69) is 30.5 Å². The molecule has 0 amide bonds. The zero-order valence-electron chi connectivity index (χ0n) is 22.8. The Bertz CT molecular complexity index is 1280. The average molecular weight is 538 g/mol. The molecule has 0 unspecified atom stereocenters. The number of hydrogen-bond acceptors (Lipinski definition) is 5. The Labute approximate surface area is 229 Å². The van der Waals surface area contributed by atoms with Gasteiger partial charge in [-0.15, -0.1) is 0 Å². The molecule has 1 saturated carbocycles. The van der Waals surface area contributed by atoms with Gasteiger partial charge < -0.3 is 20.9 Å². The summed E-state index contributed by atoms with van der Waals surface area (Å²) in [5.41, 5.74) is 9.67. The van der Waals surface area contributed by atoms with Gasteiger partial charge in [0.15, 0.2) is 0 Å². The normalized spacial score (nSPS) is 23.9. The highest BCUT2D eigenvalue weighted by atomic mass is 19.4. The molecule has 0 bridgehead atoms. The lowest BCUT2D eigenvalue weighted by molar-refractivity contribution is -0.0909. The van der Waals surface area contributed by atoms with E-state index >= 15 is 0 Å². The van der Waals surface area contributed by atoms with Crippen LogP contribution in [0, 0.1) is 11.3 Å². The first-order valence-electron chi connectivity index (χ1n) is 13.8. The van der Waals surface area contributed by atoms with Gasteiger partial charge in [-0.25, -0.2) is 0 Å². The highest BCUT2D eigenvalue weighted by Gasteiger charge is 2.44. The summed E-state index contributed by atoms with van der Waals surface area (Å²) in [6.07, 6.45) is 7.43. The van der Waals surface area contributed by atoms with Gasteiger partial charge in [0.2, 0.25) is 0 Å². The molecule has 2 fully saturated rings. The van der Waals surface area contributed by atoms with Gasteiger partial charge in [0.05, 0.1) is 11.3 Å². The Morgan fingerprint density at radius 1 is 1.21 bits per heavy atom. The number of nitrogens with two attached hydrogens (primary N) is 1. The molecule has 1 saturated heterocycles. The van der Waals surface area contributed by atoms with Crippen molar-refractivity contribution in [3.63, 3.8) is 0 Å². The number of rotatable bonds is 7. The SMILES string of the molecule is C=C1N2C=C(CN3CCC[C@H](C)C3)C=C(C(F)(F)F)C2=CN1c1cccc(C2(C/C(N)=C(\C)C=N)CCC2)c1. The molecule has 0 spiro atoms. The summed E-state index contributed by atoms with van der Waals surface area (Å²) in [5.74, 6) is 1.02. The van der Waals surface area contributed by atoms with Crippen molar-refractivity contribution < 1.29 is 13.2 Å². The largest absolute Gasteiger partial charge is 0.418 e. The lowest BCUT2D eigenvalue weighted by Gasteiger charge is -2.43. The van der Waals surface area contributed by atoms with Crippen molar-refractivity contribution in [1.82, 2.24) is 9.80 Å². The molecule has 5 rings (SSSR count). The molecule has 1 atom stereocenters. The Balaban J connectivity index is 1.45. The third kappa shape index (κ3) is 5.31. The predicted octanol–water partition coefficient (Wildman–Crippen LogP) is 6.93. The van der Waals surface area contributed by atoms with Gasteiger partial charge in [0, 0.05) is 48.5 Å². The summed E-state index contributed by atoms with van der Waals surface area (Å²) >= 11 is 0. The Hall–Kier alpha value is -3.26. The van der Waals surface area contributed by atoms with E-state index in [0.717, 1.165) is 62.0 Å². The van der Waals surface area contributed by atoms with Crippen LogP contribution in [0.25, 0.3) is 0 Å². The standard InChI is InChI=1S/C31H38F3N5/c1-21-7-5-12-37(17-21)18-24-13-27(31(32,33)34)29-20-38(23(3)39(29)19-24)26-9-4-8-25(14-26)30(10-6-11-30)15-28(36)22(2)16-35/h4,8-9,13-14,16,19-21,35H,3,5-7,10-12,15,17-18,36H2,1-2H3/b28-22-,35-16?/t21-/m0/s1. The van der Waals surface area contributed by atoms with E-state index in [1.807, 2.05) is 25.3 Å². The van der Waals surface area contributed by atoms with E-state index < -0.39 is 11.7 Å². The molecule has 3 aliphatic heterocycles. The third-order valence-electron chi connectivity index (χ3n) is 8.72. The van der Waals surface area contributed by atoms with Crippen LogP contribution < -0.4 is 10.6 Å². The van der Waals surface area contributed by atoms with Gasteiger partial charge in [0.25, 0.3) is 0 Å². The minimum absolute atomic E-state index is 0.0980. The van der Waals surface area contributed by atoms with Crippen LogP contribution in [0.5, 0.6) is 0 Å². The fraction of sp³-hybridized carbons (Fsp3) is 0.452. The van der Waals surface area contributed by atoms with Gasteiger partial charge in [-0.3, -0.25) is 4.90 Å². The maximum atomic E-state index is 14.3. The number of hydrogen-bond donors (Lipinski definition) is 2. The number of alkyl halides is 3. The van der Waals surface area contributed by atoms with Crippen LogP contribution in [0.3, 0.4) is 0 Å². The lowest BCUT2D eigenvalue weighted by Crippen LogP contribution is -2.36. The van der Waals surface area contributed by atoms with E-state index in [1.165, 1.54) is 12.3 Å². The van der Waals surface area contributed by atoms with E-state index in [1.54, 1.807) is 16.0 Å². The van der Waals surface area contributed by atoms with Crippen molar-refractivity contribution in [2.24, 2.45) is 11.7 Å². The molecule has 3 heterocycles. The third-order valence-corrected chi connectivity index (χ3v) is 8.72. The van der Waals surface area contributed by atoms with Crippen LogP contribution in [-0.4, -0.2) is 41.8 Å². The van der Waals surface area contributed by atoms with Crippen molar-refractivity contribution in [3.05, 3.63) is 88.8 Å². The molecule has 4 aliphatic rings.